The van der Waals surface area contributed by atoms with Gasteiger partial charge in [-0.2, -0.15) is 0 Å². The van der Waals surface area contributed by atoms with Crippen LogP contribution in [-0.4, -0.2) is 12.9 Å². The van der Waals surface area contributed by atoms with E-state index >= 15 is 0 Å². The first-order valence-corrected chi connectivity index (χ1v) is 6.61. The fourth-order valence-corrected chi connectivity index (χ4v) is 1.82. The minimum atomic E-state index is 0.136. The van der Waals surface area contributed by atoms with Crippen molar-refractivity contribution in [2.75, 3.05) is 7.11 Å². The monoisotopic (exact) mass is 248 g/mol. The van der Waals surface area contributed by atoms with Crippen molar-refractivity contribution in [2.45, 2.75) is 46.5 Å². The predicted molar refractivity (Wildman–Crippen MR) is 75.0 cm³/mol. The van der Waals surface area contributed by atoms with E-state index in [4.69, 9.17) is 4.74 Å². The summed E-state index contributed by atoms with van der Waals surface area (Å²) in [5.41, 5.74) is 1.33. The third kappa shape index (κ3) is 4.91. The molecule has 0 aliphatic carbocycles. The first-order chi connectivity index (χ1) is 8.46. The number of benzene rings is 1. The summed E-state index contributed by atoms with van der Waals surface area (Å²) in [6, 6.07) is 7.93. The molecule has 2 nitrogen and oxygen atoms in total. The molecule has 2 heteroatoms. The Morgan fingerprint density at radius 3 is 2.33 bits per heavy atom. The molecule has 0 amide bonds. The number of rotatable bonds is 7. The van der Waals surface area contributed by atoms with Crippen LogP contribution < -0.4 is 4.74 Å². The first kappa shape index (κ1) is 14.7. The van der Waals surface area contributed by atoms with Gasteiger partial charge in [-0.3, -0.25) is 4.79 Å². The zero-order chi connectivity index (χ0) is 13.6. The quantitative estimate of drug-likeness (QED) is 0.728. The molecule has 0 radical (unpaired) electrons. The van der Waals surface area contributed by atoms with Crippen LogP contribution in [0.4, 0.5) is 0 Å². The van der Waals surface area contributed by atoms with Gasteiger partial charge in [0, 0.05) is 12.8 Å². The Morgan fingerprint density at radius 1 is 1.22 bits per heavy atom. The highest BCUT2D eigenvalue weighted by Crippen LogP contribution is 2.25. The van der Waals surface area contributed by atoms with Gasteiger partial charge in [0.2, 0.25) is 0 Å². The highest BCUT2D eigenvalue weighted by Gasteiger charge is 2.19. The Bertz CT molecular complexity index is 377. The SMILES string of the molecule is CCC(C)(C)CC(=O)CCc1ccc(OC)cc1. The van der Waals surface area contributed by atoms with Crippen molar-refractivity contribution in [3.63, 3.8) is 0 Å². The van der Waals surface area contributed by atoms with Crippen LogP contribution in [0.1, 0.15) is 45.6 Å². The first-order valence-electron chi connectivity index (χ1n) is 6.61. The molecule has 0 fully saturated rings. The van der Waals surface area contributed by atoms with Gasteiger partial charge in [-0.25, -0.2) is 0 Å². The maximum atomic E-state index is 11.9. The lowest BCUT2D eigenvalue weighted by Gasteiger charge is -2.21. The summed E-state index contributed by atoms with van der Waals surface area (Å²) in [7, 11) is 1.66. The van der Waals surface area contributed by atoms with Gasteiger partial charge in [0.05, 0.1) is 7.11 Å². The van der Waals surface area contributed by atoms with Gasteiger partial charge in [0.15, 0.2) is 0 Å². The minimum absolute atomic E-state index is 0.136. The lowest BCUT2D eigenvalue weighted by atomic mass is 9.83. The van der Waals surface area contributed by atoms with Gasteiger partial charge in [0.25, 0.3) is 0 Å². The second-order valence-electron chi connectivity index (χ2n) is 5.58. The largest absolute Gasteiger partial charge is 0.497 e. The van der Waals surface area contributed by atoms with E-state index in [1.54, 1.807) is 7.11 Å². The topological polar surface area (TPSA) is 26.3 Å². The molecular formula is C16H24O2. The Balaban J connectivity index is 2.42. The lowest BCUT2D eigenvalue weighted by Crippen LogP contribution is -2.16. The molecule has 0 unspecified atom stereocenters. The van der Waals surface area contributed by atoms with Crippen LogP contribution in [0.3, 0.4) is 0 Å². The maximum absolute atomic E-state index is 11.9. The zero-order valence-corrected chi connectivity index (χ0v) is 12.0. The molecule has 18 heavy (non-hydrogen) atoms. The number of Topliss-reactive ketones (excluding diaryl/α,β-unsaturated/α-hetero) is 1. The number of ketones is 1. The van der Waals surface area contributed by atoms with Crippen molar-refractivity contribution in [1.82, 2.24) is 0 Å². The van der Waals surface area contributed by atoms with Crippen LogP contribution in [0.15, 0.2) is 24.3 Å². The van der Waals surface area contributed by atoms with Gasteiger partial charge in [-0.1, -0.05) is 39.3 Å². The van der Waals surface area contributed by atoms with E-state index < -0.39 is 0 Å². The van der Waals surface area contributed by atoms with Crippen LogP contribution >= 0.6 is 0 Å². The van der Waals surface area contributed by atoms with E-state index in [0.29, 0.717) is 18.6 Å². The molecule has 1 rings (SSSR count). The summed E-state index contributed by atoms with van der Waals surface area (Å²) >= 11 is 0. The molecule has 0 atom stereocenters. The van der Waals surface area contributed by atoms with E-state index in [9.17, 15) is 4.79 Å². The summed E-state index contributed by atoms with van der Waals surface area (Å²) in [6.07, 6.45) is 3.18. The molecule has 0 saturated heterocycles. The summed E-state index contributed by atoms with van der Waals surface area (Å²) in [5, 5.41) is 0. The fourth-order valence-electron chi connectivity index (χ4n) is 1.82. The molecule has 1 aromatic carbocycles. The van der Waals surface area contributed by atoms with Crippen molar-refractivity contribution in [1.29, 1.82) is 0 Å². The molecule has 0 N–H and O–H groups in total. The molecular weight excluding hydrogens is 224 g/mol. The van der Waals surface area contributed by atoms with Gasteiger partial charge < -0.3 is 4.74 Å². The number of carbonyl (C=O) groups excluding carboxylic acids is 1. The molecule has 0 aliphatic heterocycles. The Kier molecular flexibility index (Phi) is 5.39. The second kappa shape index (κ2) is 6.58. The third-order valence-corrected chi connectivity index (χ3v) is 3.48. The second-order valence-corrected chi connectivity index (χ2v) is 5.58. The Morgan fingerprint density at radius 2 is 1.83 bits per heavy atom. The van der Waals surface area contributed by atoms with Crippen molar-refractivity contribution in [3.8, 4) is 5.75 Å². The van der Waals surface area contributed by atoms with Crippen LogP contribution in [0.25, 0.3) is 0 Å². The molecule has 0 aliphatic rings. The normalized spacial score (nSPS) is 11.3. The highest BCUT2D eigenvalue weighted by molar-refractivity contribution is 5.79. The van der Waals surface area contributed by atoms with Gasteiger partial charge in [0.1, 0.15) is 11.5 Å². The average Bonchev–Trinajstić information content (AvgIpc) is 2.36. The third-order valence-electron chi connectivity index (χ3n) is 3.48. The number of aryl methyl sites for hydroxylation is 1. The van der Waals surface area contributed by atoms with E-state index in [0.717, 1.165) is 18.6 Å². The van der Waals surface area contributed by atoms with Crippen molar-refractivity contribution >= 4 is 5.78 Å². The van der Waals surface area contributed by atoms with Crippen LogP contribution in [0.2, 0.25) is 0 Å². The molecule has 0 saturated carbocycles. The van der Waals surface area contributed by atoms with Crippen molar-refractivity contribution in [2.24, 2.45) is 5.41 Å². The van der Waals surface area contributed by atoms with E-state index in [2.05, 4.69) is 20.8 Å². The lowest BCUT2D eigenvalue weighted by molar-refractivity contribution is -0.120. The molecule has 1 aromatic rings. The molecule has 100 valence electrons. The highest BCUT2D eigenvalue weighted by atomic mass is 16.5. The number of methoxy groups -OCH3 is 1. The smallest absolute Gasteiger partial charge is 0.133 e. The number of hydrogen-bond donors (Lipinski definition) is 0. The van der Waals surface area contributed by atoms with Crippen molar-refractivity contribution < 1.29 is 9.53 Å². The number of hydrogen-bond acceptors (Lipinski definition) is 2. The fraction of sp³-hybridized carbons (Fsp3) is 0.562. The molecule has 0 aromatic heterocycles. The number of ether oxygens (including phenoxy) is 1. The maximum Gasteiger partial charge on any atom is 0.133 e. The average molecular weight is 248 g/mol. The Hall–Kier alpha value is -1.31. The molecule has 0 heterocycles. The summed E-state index contributed by atoms with van der Waals surface area (Å²) in [6.45, 7) is 6.44. The molecule has 0 spiro atoms. The Labute approximate surface area is 110 Å². The molecule has 0 bridgehead atoms. The predicted octanol–water partition coefficient (Wildman–Crippen LogP) is 4.02. The van der Waals surface area contributed by atoms with Crippen molar-refractivity contribution in [3.05, 3.63) is 29.8 Å². The van der Waals surface area contributed by atoms with E-state index in [1.807, 2.05) is 24.3 Å². The zero-order valence-electron chi connectivity index (χ0n) is 12.0. The van der Waals surface area contributed by atoms with Gasteiger partial charge in [-0.05, 0) is 29.5 Å². The van der Waals surface area contributed by atoms with E-state index in [1.165, 1.54) is 5.56 Å². The summed E-state index contributed by atoms with van der Waals surface area (Å²) in [5.74, 6) is 1.22. The van der Waals surface area contributed by atoms with E-state index in [-0.39, 0.29) is 5.41 Å². The van der Waals surface area contributed by atoms with Crippen LogP contribution in [-0.2, 0) is 11.2 Å². The summed E-state index contributed by atoms with van der Waals surface area (Å²) in [4.78, 5) is 11.9. The standard InChI is InChI=1S/C16H24O2/c1-5-16(2,3)12-14(17)9-6-13-7-10-15(18-4)11-8-13/h7-8,10-11H,5-6,9,12H2,1-4H3. The number of carbonyl (C=O) groups is 1. The van der Waals surface area contributed by atoms with Crippen LogP contribution in [0.5, 0.6) is 5.75 Å². The van der Waals surface area contributed by atoms with Crippen LogP contribution in [0, 0.1) is 5.41 Å². The summed E-state index contributed by atoms with van der Waals surface area (Å²) < 4.78 is 5.11. The van der Waals surface area contributed by atoms with Gasteiger partial charge >= 0.3 is 0 Å². The van der Waals surface area contributed by atoms with Gasteiger partial charge in [-0.15, -0.1) is 0 Å². The minimum Gasteiger partial charge on any atom is -0.497 e.